The Hall–Kier alpha value is -1.56. The molecule has 0 atom stereocenters. The standard InChI is InChI=1S/C15H18F3N3/c16-15(17,18)11-4-2-10(3-5-11)14-20-12-6-1-9(8-19)7-13(12)21-14/h1,6-7,10-11H,2-5,8,19H2,(H,20,21). The number of benzene rings is 1. The van der Waals surface area contributed by atoms with Gasteiger partial charge in [0.1, 0.15) is 5.82 Å². The second-order valence-electron chi connectivity index (χ2n) is 5.77. The molecule has 1 aliphatic rings. The molecule has 3 nitrogen and oxygen atoms in total. The normalized spacial score (nSPS) is 23.6. The predicted molar refractivity (Wildman–Crippen MR) is 74.7 cm³/mol. The molecule has 0 radical (unpaired) electrons. The third kappa shape index (κ3) is 2.90. The minimum absolute atomic E-state index is 0.0947. The van der Waals surface area contributed by atoms with Crippen LogP contribution in [0.4, 0.5) is 13.2 Å². The molecule has 0 unspecified atom stereocenters. The summed E-state index contributed by atoms with van der Waals surface area (Å²) in [5.41, 5.74) is 8.37. The molecule has 114 valence electrons. The van der Waals surface area contributed by atoms with Crippen LogP contribution in [0.1, 0.15) is 43.0 Å². The third-order valence-corrected chi connectivity index (χ3v) is 4.38. The first-order chi connectivity index (χ1) is 9.97. The third-order valence-electron chi connectivity index (χ3n) is 4.38. The minimum atomic E-state index is -4.06. The van der Waals surface area contributed by atoms with Crippen molar-refractivity contribution in [1.29, 1.82) is 0 Å². The van der Waals surface area contributed by atoms with Crippen molar-refractivity contribution in [3.63, 3.8) is 0 Å². The fraction of sp³-hybridized carbons (Fsp3) is 0.533. The van der Waals surface area contributed by atoms with Gasteiger partial charge in [-0.1, -0.05) is 6.07 Å². The average Bonchev–Trinajstić information content (AvgIpc) is 2.89. The monoisotopic (exact) mass is 297 g/mol. The zero-order valence-corrected chi connectivity index (χ0v) is 11.6. The predicted octanol–water partition coefficient (Wildman–Crippen LogP) is 3.86. The Morgan fingerprint density at radius 1 is 1.19 bits per heavy atom. The lowest BCUT2D eigenvalue weighted by Crippen LogP contribution is -2.27. The molecule has 3 N–H and O–H groups in total. The molecule has 0 aliphatic heterocycles. The molecule has 1 fully saturated rings. The molecular formula is C15H18F3N3. The van der Waals surface area contributed by atoms with Crippen LogP contribution < -0.4 is 5.73 Å². The Labute approximate surface area is 120 Å². The number of alkyl halides is 3. The van der Waals surface area contributed by atoms with E-state index in [0.29, 0.717) is 19.4 Å². The number of halogens is 3. The van der Waals surface area contributed by atoms with Gasteiger partial charge in [-0.25, -0.2) is 4.98 Å². The molecule has 1 aromatic heterocycles. The maximum Gasteiger partial charge on any atom is 0.391 e. The van der Waals surface area contributed by atoms with Crippen LogP contribution in [-0.4, -0.2) is 16.1 Å². The lowest BCUT2D eigenvalue weighted by molar-refractivity contribution is -0.182. The van der Waals surface area contributed by atoms with Crippen molar-refractivity contribution in [3.8, 4) is 0 Å². The number of nitrogens with one attached hydrogen (secondary N) is 1. The summed E-state index contributed by atoms with van der Waals surface area (Å²) in [6.07, 6.45) is -2.60. The highest BCUT2D eigenvalue weighted by Crippen LogP contribution is 2.42. The van der Waals surface area contributed by atoms with Crippen molar-refractivity contribution < 1.29 is 13.2 Å². The highest BCUT2D eigenvalue weighted by molar-refractivity contribution is 5.76. The van der Waals surface area contributed by atoms with E-state index >= 15 is 0 Å². The summed E-state index contributed by atoms with van der Waals surface area (Å²) in [6, 6.07) is 5.78. The van der Waals surface area contributed by atoms with E-state index in [1.54, 1.807) is 0 Å². The zero-order valence-electron chi connectivity index (χ0n) is 11.6. The van der Waals surface area contributed by atoms with Crippen LogP contribution in [-0.2, 0) is 6.54 Å². The van der Waals surface area contributed by atoms with E-state index < -0.39 is 12.1 Å². The fourth-order valence-corrected chi connectivity index (χ4v) is 3.09. The number of hydrogen-bond donors (Lipinski definition) is 2. The van der Waals surface area contributed by atoms with E-state index in [1.165, 1.54) is 0 Å². The van der Waals surface area contributed by atoms with Gasteiger partial charge < -0.3 is 10.7 Å². The summed E-state index contributed by atoms with van der Waals surface area (Å²) in [6.45, 7) is 0.459. The molecule has 2 aromatic rings. The number of aromatic nitrogens is 2. The fourth-order valence-electron chi connectivity index (χ4n) is 3.09. The van der Waals surface area contributed by atoms with Crippen molar-refractivity contribution in [2.75, 3.05) is 0 Å². The van der Waals surface area contributed by atoms with E-state index in [0.717, 1.165) is 22.4 Å². The first kappa shape index (κ1) is 14.4. The summed E-state index contributed by atoms with van der Waals surface area (Å²) in [5, 5.41) is 0. The quantitative estimate of drug-likeness (QED) is 0.884. The number of H-pyrrole nitrogens is 1. The van der Waals surface area contributed by atoms with E-state index in [1.807, 2.05) is 18.2 Å². The average molecular weight is 297 g/mol. The molecule has 1 aromatic carbocycles. The molecule has 1 heterocycles. The van der Waals surface area contributed by atoms with Crippen molar-refractivity contribution in [2.24, 2.45) is 11.7 Å². The first-order valence-corrected chi connectivity index (χ1v) is 7.22. The molecular weight excluding hydrogens is 279 g/mol. The number of rotatable bonds is 2. The Morgan fingerprint density at radius 3 is 2.52 bits per heavy atom. The van der Waals surface area contributed by atoms with Crippen LogP contribution >= 0.6 is 0 Å². The van der Waals surface area contributed by atoms with Crippen molar-refractivity contribution in [2.45, 2.75) is 44.3 Å². The summed E-state index contributed by atoms with van der Waals surface area (Å²) in [4.78, 5) is 7.77. The number of fused-ring (bicyclic) bond motifs is 1. The number of nitrogens with zero attached hydrogens (tertiary/aromatic N) is 1. The molecule has 6 heteroatoms. The molecule has 1 saturated carbocycles. The molecule has 3 rings (SSSR count). The number of hydrogen-bond acceptors (Lipinski definition) is 2. The molecule has 0 spiro atoms. The maximum absolute atomic E-state index is 12.7. The van der Waals surface area contributed by atoms with Gasteiger partial charge in [0.25, 0.3) is 0 Å². The zero-order chi connectivity index (χ0) is 15.0. The topological polar surface area (TPSA) is 54.7 Å². The van der Waals surface area contributed by atoms with E-state index in [2.05, 4.69) is 9.97 Å². The van der Waals surface area contributed by atoms with Crippen LogP contribution in [0.3, 0.4) is 0 Å². The Bertz CT molecular complexity index is 625. The van der Waals surface area contributed by atoms with Gasteiger partial charge >= 0.3 is 6.18 Å². The number of nitrogens with two attached hydrogens (primary N) is 1. The second-order valence-corrected chi connectivity index (χ2v) is 5.77. The van der Waals surface area contributed by atoms with Gasteiger partial charge in [0, 0.05) is 12.5 Å². The number of imidazole rings is 1. The summed E-state index contributed by atoms with van der Waals surface area (Å²) >= 11 is 0. The second kappa shape index (κ2) is 5.33. The highest BCUT2D eigenvalue weighted by Gasteiger charge is 2.41. The summed E-state index contributed by atoms with van der Waals surface area (Å²) in [7, 11) is 0. The SMILES string of the molecule is NCc1ccc2nc(C3CCC(C(F)(F)F)CC3)[nH]c2c1. The smallest absolute Gasteiger partial charge is 0.342 e. The van der Waals surface area contributed by atoms with Gasteiger partial charge in [0.2, 0.25) is 0 Å². The van der Waals surface area contributed by atoms with Crippen molar-refractivity contribution in [1.82, 2.24) is 9.97 Å². The van der Waals surface area contributed by atoms with Gasteiger partial charge in [0.15, 0.2) is 0 Å². The Balaban J connectivity index is 1.76. The molecule has 0 amide bonds. The molecule has 1 aliphatic carbocycles. The van der Waals surface area contributed by atoms with E-state index in [9.17, 15) is 13.2 Å². The lowest BCUT2D eigenvalue weighted by atomic mass is 9.81. The van der Waals surface area contributed by atoms with Crippen LogP contribution in [0, 0.1) is 5.92 Å². The van der Waals surface area contributed by atoms with Gasteiger partial charge in [-0.3, -0.25) is 0 Å². The van der Waals surface area contributed by atoms with Crippen LogP contribution in [0.25, 0.3) is 11.0 Å². The van der Waals surface area contributed by atoms with E-state index in [4.69, 9.17) is 5.73 Å². The lowest BCUT2D eigenvalue weighted by Gasteiger charge is -2.28. The van der Waals surface area contributed by atoms with Crippen LogP contribution in [0.5, 0.6) is 0 Å². The Morgan fingerprint density at radius 2 is 1.90 bits per heavy atom. The minimum Gasteiger partial charge on any atom is -0.342 e. The number of aromatic amines is 1. The van der Waals surface area contributed by atoms with Crippen molar-refractivity contribution >= 4 is 11.0 Å². The molecule has 21 heavy (non-hydrogen) atoms. The Kier molecular flexibility index (Phi) is 3.65. The summed E-state index contributed by atoms with van der Waals surface area (Å²) < 4.78 is 38.1. The first-order valence-electron chi connectivity index (χ1n) is 7.22. The van der Waals surface area contributed by atoms with Gasteiger partial charge in [0.05, 0.1) is 17.0 Å². The molecule has 0 bridgehead atoms. The van der Waals surface area contributed by atoms with E-state index in [-0.39, 0.29) is 18.8 Å². The molecule has 0 saturated heterocycles. The van der Waals surface area contributed by atoms with Crippen LogP contribution in [0.2, 0.25) is 0 Å². The van der Waals surface area contributed by atoms with Crippen LogP contribution in [0.15, 0.2) is 18.2 Å². The highest BCUT2D eigenvalue weighted by atomic mass is 19.4. The van der Waals surface area contributed by atoms with Gasteiger partial charge in [-0.05, 0) is 43.4 Å². The van der Waals surface area contributed by atoms with Gasteiger partial charge in [-0.2, -0.15) is 13.2 Å². The maximum atomic E-state index is 12.7. The summed E-state index contributed by atoms with van der Waals surface area (Å²) in [5.74, 6) is -0.251. The van der Waals surface area contributed by atoms with Crippen molar-refractivity contribution in [3.05, 3.63) is 29.6 Å². The van der Waals surface area contributed by atoms with Gasteiger partial charge in [-0.15, -0.1) is 0 Å². The largest absolute Gasteiger partial charge is 0.391 e.